The van der Waals surface area contributed by atoms with E-state index in [-0.39, 0.29) is 43.6 Å². The number of carbonyl (C=O) groups excluding carboxylic acids is 3. The van der Waals surface area contributed by atoms with Crippen molar-refractivity contribution >= 4 is 17.8 Å². The minimum atomic E-state index is -1.58. The molecule has 11 heteroatoms. The quantitative estimate of drug-likeness (QED) is 0.388. The molecule has 0 radical (unpaired) electrons. The molecule has 2 fully saturated rings. The SMILES string of the molecule is CCCN(C(=O)NCc1ccccc1)N1CC(=O)N2[C@@H](Cc3ccccc3)C(=O)N(Cc3cc(F)c(F)c(F)c3)C[C@@H]21. The highest BCUT2D eigenvalue weighted by molar-refractivity contribution is 5.91. The lowest BCUT2D eigenvalue weighted by molar-refractivity contribution is -0.157. The van der Waals surface area contributed by atoms with Crippen LogP contribution in [0.1, 0.15) is 30.0 Å². The average Bonchev–Trinajstić information content (AvgIpc) is 3.31. The highest BCUT2D eigenvalue weighted by atomic mass is 19.2. The summed E-state index contributed by atoms with van der Waals surface area (Å²) in [7, 11) is 0. The number of benzene rings is 3. The molecule has 4 amide bonds. The van der Waals surface area contributed by atoms with E-state index >= 15 is 0 Å². The van der Waals surface area contributed by atoms with Crippen molar-refractivity contribution in [2.45, 2.75) is 45.1 Å². The van der Waals surface area contributed by atoms with Gasteiger partial charge in [-0.15, -0.1) is 0 Å². The number of hydrogen-bond donors (Lipinski definition) is 1. The van der Waals surface area contributed by atoms with Crippen molar-refractivity contribution in [2.75, 3.05) is 19.6 Å². The summed E-state index contributed by atoms with van der Waals surface area (Å²) in [5, 5.41) is 6.07. The van der Waals surface area contributed by atoms with Gasteiger partial charge in [-0.3, -0.25) is 14.6 Å². The number of hydrogen-bond acceptors (Lipinski definition) is 4. The Bertz CT molecular complexity index is 1420. The standard InChI is InChI=1S/C31H32F3N5O3/c1-2-13-37(31(42)35-17-22-11-7-4-8-12-22)38-20-28(40)39-26(16-21-9-5-3-6-10-21)30(41)36(19-27(38)39)18-23-14-24(32)29(34)25(33)15-23/h3-12,14-15,26-27H,2,13,16-20H2,1H3,(H,35,42)/t26-,27+/m0/s1. The lowest BCUT2D eigenvalue weighted by Gasteiger charge is -2.46. The van der Waals surface area contributed by atoms with Gasteiger partial charge >= 0.3 is 6.03 Å². The fourth-order valence-electron chi connectivity index (χ4n) is 5.57. The van der Waals surface area contributed by atoms with Crippen LogP contribution in [0.2, 0.25) is 0 Å². The molecule has 2 aliphatic rings. The van der Waals surface area contributed by atoms with Crippen LogP contribution in [0.25, 0.3) is 0 Å². The van der Waals surface area contributed by atoms with Gasteiger partial charge in [-0.2, -0.15) is 5.01 Å². The van der Waals surface area contributed by atoms with Gasteiger partial charge < -0.3 is 15.1 Å². The molecule has 2 saturated heterocycles. The molecule has 0 saturated carbocycles. The van der Waals surface area contributed by atoms with E-state index in [2.05, 4.69) is 5.32 Å². The lowest BCUT2D eigenvalue weighted by Crippen LogP contribution is -2.66. The lowest BCUT2D eigenvalue weighted by atomic mass is 10.00. The predicted octanol–water partition coefficient (Wildman–Crippen LogP) is 4.06. The number of amides is 4. The predicted molar refractivity (Wildman–Crippen MR) is 149 cm³/mol. The second-order valence-corrected chi connectivity index (χ2v) is 10.4. The van der Waals surface area contributed by atoms with Crippen molar-refractivity contribution in [1.82, 2.24) is 25.1 Å². The molecule has 2 aliphatic heterocycles. The molecular formula is C31H32F3N5O3. The Hall–Kier alpha value is -4.38. The Morgan fingerprint density at radius 2 is 1.55 bits per heavy atom. The van der Waals surface area contributed by atoms with Gasteiger partial charge in [0.2, 0.25) is 11.8 Å². The van der Waals surface area contributed by atoms with Crippen LogP contribution in [0, 0.1) is 17.5 Å². The van der Waals surface area contributed by atoms with Crippen LogP contribution in [0.5, 0.6) is 0 Å². The molecular weight excluding hydrogens is 547 g/mol. The van der Waals surface area contributed by atoms with E-state index < -0.39 is 35.6 Å². The molecule has 0 aliphatic carbocycles. The first-order chi connectivity index (χ1) is 20.3. The molecule has 1 N–H and O–H groups in total. The van der Waals surface area contributed by atoms with Gasteiger partial charge in [-0.25, -0.2) is 18.0 Å². The Kier molecular flexibility index (Phi) is 8.77. The highest BCUT2D eigenvalue weighted by Gasteiger charge is 2.52. The van der Waals surface area contributed by atoms with Gasteiger partial charge in [0.1, 0.15) is 12.2 Å². The molecule has 0 spiro atoms. The Labute approximate surface area is 242 Å². The summed E-state index contributed by atoms with van der Waals surface area (Å²) in [5.74, 6) is -4.98. The van der Waals surface area contributed by atoms with Crippen molar-refractivity contribution < 1.29 is 27.6 Å². The Balaban J connectivity index is 1.44. The number of fused-ring (bicyclic) bond motifs is 1. The largest absolute Gasteiger partial charge is 0.333 e. The van der Waals surface area contributed by atoms with Crippen molar-refractivity contribution in [3.05, 3.63) is 107 Å². The number of nitrogens with zero attached hydrogens (tertiary/aromatic N) is 4. The van der Waals surface area contributed by atoms with Crippen LogP contribution in [0.15, 0.2) is 72.8 Å². The van der Waals surface area contributed by atoms with E-state index in [9.17, 15) is 27.6 Å². The molecule has 0 unspecified atom stereocenters. The smallest absolute Gasteiger partial charge is 0.332 e. The van der Waals surface area contributed by atoms with Gasteiger partial charge in [0, 0.05) is 26.1 Å². The maximum atomic E-state index is 14.0. The highest BCUT2D eigenvalue weighted by Crippen LogP contribution is 2.30. The van der Waals surface area contributed by atoms with Crippen molar-refractivity contribution in [2.24, 2.45) is 0 Å². The van der Waals surface area contributed by atoms with Crippen molar-refractivity contribution in [3.8, 4) is 0 Å². The van der Waals surface area contributed by atoms with Gasteiger partial charge in [0.15, 0.2) is 17.5 Å². The third kappa shape index (κ3) is 6.11. The van der Waals surface area contributed by atoms with E-state index in [0.717, 1.165) is 23.3 Å². The van der Waals surface area contributed by atoms with Crippen LogP contribution in [-0.4, -0.2) is 69.5 Å². The zero-order valence-corrected chi connectivity index (χ0v) is 23.2. The molecule has 3 aromatic rings. The summed E-state index contributed by atoms with van der Waals surface area (Å²) < 4.78 is 41.7. The minimum Gasteiger partial charge on any atom is -0.333 e. The zero-order chi connectivity index (χ0) is 29.8. The number of piperazine rings is 1. The van der Waals surface area contributed by atoms with Crippen LogP contribution in [0.4, 0.5) is 18.0 Å². The molecule has 3 aromatic carbocycles. The number of hydrazine groups is 1. The molecule has 0 bridgehead atoms. The molecule has 2 heterocycles. The number of nitrogens with one attached hydrogen (secondary N) is 1. The van der Waals surface area contributed by atoms with Crippen molar-refractivity contribution in [3.63, 3.8) is 0 Å². The molecule has 0 aromatic heterocycles. The van der Waals surface area contributed by atoms with Gasteiger partial charge in [-0.05, 0) is 35.2 Å². The number of carbonyl (C=O) groups is 3. The van der Waals surface area contributed by atoms with Gasteiger partial charge in [0.05, 0.1) is 13.1 Å². The summed E-state index contributed by atoms with van der Waals surface area (Å²) in [6.45, 7) is 2.21. The number of urea groups is 1. The van der Waals surface area contributed by atoms with Crippen LogP contribution in [0.3, 0.4) is 0 Å². The first-order valence-electron chi connectivity index (χ1n) is 13.9. The topological polar surface area (TPSA) is 76.2 Å². The van der Waals surface area contributed by atoms with Crippen molar-refractivity contribution in [1.29, 1.82) is 0 Å². The van der Waals surface area contributed by atoms with Crippen LogP contribution >= 0.6 is 0 Å². The fraction of sp³-hybridized carbons (Fsp3) is 0.323. The number of rotatable bonds is 9. The second-order valence-electron chi connectivity index (χ2n) is 10.4. The van der Waals surface area contributed by atoms with E-state index in [1.165, 1.54) is 14.8 Å². The summed E-state index contributed by atoms with van der Waals surface area (Å²) >= 11 is 0. The third-order valence-corrected chi connectivity index (χ3v) is 7.52. The van der Waals surface area contributed by atoms with Gasteiger partial charge in [0.25, 0.3) is 0 Å². The number of halogens is 3. The maximum Gasteiger partial charge on any atom is 0.332 e. The molecule has 220 valence electrons. The summed E-state index contributed by atoms with van der Waals surface area (Å²) in [4.78, 5) is 43.7. The van der Waals surface area contributed by atoms with Crippen LogP contribution < -0.4 is 5.32 Å². The van der Waals surface area contributed by atoms with Gasteiger partial charge in [-0.1, -0.05) is 67.6 Å². The van der Waals surface area contributed by atoms with E-state index in [4.69, 9.17) is 0 Å². The third-order valence-electron chi connectivity index (χ3n) is 7.52. The fourth-order valence-corrected chi connectivity index (χ4v) is 5.57. The summed E-state index contributed by atoms with van der Waals surface area (Å²) in [5.41, 5.74) is 1.82. The zero-order valence-electron chi connectivity index (χ0n) is 23.2. The summed E-state index contributed by atoms with van der Waals surface area (Å²) in [6, 6.07) is 19.1. The monoisotopic (exact) mass is 579 g/mol. The molecule has 2 atom stereocenters. The first-order valence-corrected chi connectivity index (χ1v) is 13.9. The molecule has 5 rings (SSSR count). The normalized spacial score (nSPS) is 18.8. The Morgan fingerprint density at radius 3 is 2.17 bits per heavy atom. The first kappa shape index (κ1) is 29.1. The minimum absolute atomic E-state index is 0.0113. The molecule has 42 heavy (non-hydrogen) atoms. The van der Waals surface area contributed by atoms with E-state index in [1.54, 1.807) is 5.01 Å². The van der Waals surface area contributed by atoms with Crippen LogP contribution in [-0.2, 0) is 29.1 Å². The summed E-state index contributed by atoms with van der Waals surface area (Å²) in [6.07, 6.45) is 0.125. The maximum absolute atomic E-state index is 14.0. The van der Waals surface area contributed by atoms with E-state index in [1.807, 2.05) is 67.6 Å². The Morgan fingerprint density at radius 1 is 0.929 bits per heavy atom. The average molecular weight is 580 g/mol. The second kappa shape index (κ2) is 12.6. The molecule has 8 nitrogen and oxygen atoms in total. The van der Waals surface area contributed by atoms with E-state index in [0.29, 0.717) is 19.5 Å².